The maximum Gasteiger partial charge on any atom is 0.314 e. The zero-order valence-corrected chi connectivity index (χ0v) is 12.1. The van der Waals surface area contributed by atoms with Gasteiger partial charge in [0.25, 0.3) is 0 Å². The Balaban J connectivity index is 2.17. The molecule has 4 heteroatoms. The third-order valence-electron chi connectivity index (χ3n) is 3.36. The van der Waals surface area contributed by atoms with Gasteiger partial charge in [-0.25, -0.2) is 9.55 Å². The van der Waals surface area contributed by atoms with Gasteiger partial charge in [-0.1, -0.05) is 54.6 Å². The van der Waals surface area contributed by atoms with Crippen LogP contribution in [0.5, 0.6) is 0 Å². The highest BCUT2D eigenvalue weighted by Crippen LogP contribution is 2.21. The molecule has 3 rings (SSSR count). The molecule has 0 fully saturated rings. The molecule has 3 aromatic rings. The van der Waals surface area contributed by atoms with E-state index in [0.717, 1.165) is 21.2 Å². The molecule has 0 spiro atoms. The molecule has 2 nitrogen and oxygen atoms in total. The van der Waals surface area contributed by atoms with Gasteiger partial charge in [0, 0.05) is 11.1 Å². The summed E-state index contributed by atoms with van der Waals surface area (Å²) in [6.07, 6.45) is 0. The Morgan fingerprint density at radius 3 is 2.63 bits per heavy atom. The van der Waals surface area contributed by atoms with Gasteiger partial charge in [-0.05, 0) is 24.6 Å². The summed E-state index contributed by atoms with van der Waals surface area (Å²) < 4.78 is 2.17. The zero-order valence-electron chi connectivity index (χ0n) is 10.5. The second-order valence-corrected chi connectivity index (χ2v) is 5.43. The highest BCUT2D eigenvalue weighted by atomic mass is 35.5. The molecule has 96 valence electrons. The molecule has 1 aromatic heterocycles. The number of fused-ring (bicyclic) bond motifs is 1. The van der Waals surface area contributed by atoms with Crippen molar-refractivity contribution in [2.45, 2.75) is 18.1 Å². The Morgan fingerprint density at radius 1 is 1.16 bits per heavy atom. The normalized spacial score (nSPS) is 12.8. The fraction of sp³-hybridized carbons (Fsp3) is 0.133. The first-order valence-corrected chi connectivity index (χ1v) is 6.96. The van der Waals surface area contributed by atoms with Gasteiger partial charge in [0.05, 0.1) is 0 Å². The SMILES string of the molecule is CC(c1ccccc1)[n+]1c(S)[nH]c2cc(Cl)ccc21. The van der Waals surface area contributed by atoms with Crippen LogP contribution in [0.4, 0.5) is 0 Å². The minimum absolute atomic E-state index is 0.212. The molecule has 0 radical (unpaired) electrons. The molecular formula is C15H14ClN2S+. The molecule has 1 heterocycles. The molecule has 0 aliphatic carbocycles. The fourth-order valence-corrected chi connectivity index (χ4v) is 2.96. The maximum atomic E-state index is 6.02. The van der Waals surface area contributed by atoms with Crippen LogP contribution in [0.3, 0.4) is 0 Å². The topological polar surface area (TPSA) is 19.7 Å². The van der Waals surface area contributed by atoms with Crippen LogP contribution in [-0.4, -0.2) is 4.98 Å². The summed E-state index contributed by atoms with van der Waals surface area (Å²) in [6.45, 7) is 2.16. The van der Waals surface area contributed by atoms with E-state index in [2.05, 4.69) is 53.4 Å². The summed E-state index contributed by atoms with van der Waals surface area (Å²) >= 11 is 10.6. The predicted molar refractivity (Wildman–Crippen MR) is 81.0 cm³/mol. The molecule has 0 aliphatic rings. The van der Waals surface area contributed by atoms with E-state index in [0.29, 0.717) is 0 Å². The minimum Gasteiger partial charge on any atom is -0.231 e. The lowest BCUT2D eigenvalue weighted by Gasteiger charge is -2.10. The number of H-pyrrole nitrogens is 1. The lowest BCUT2D eigenvalue weighted by molar-refractivity contribution is -0.721. The first kappa shape index (κ1) is 12.6. The van der Waals surface area contributed by atoms with Crippen LogP contribution in [0.1, 0.15) is 18.5 Å². The third kappa shape index (κ3) is 2.24. The molecule has 19 heavy (non-hydrogen) atoms. The van der Waals surface area contributed by atoms with Gasteiger partial charge in [0.2, 0.25) is 0 Å². The standard InChI is InChI=1S/C15H13ClN2S/c1-10(11-5-3-2-4-6-11)18-14-8-7-12(16)9-13(14)17-15(18)19/h2-10H,1H3,(H,17,19)/p+1. The smallest absolute Gasteiger partial charge is 0.231 e. The van der Waals surface area contributed by atoms with Gasteiger partial charge in [-0.15, -0.1) is 0 Å². The van der Waals surface area contributed by atoms with Gasteiger partial charge in [0.1, 0.15) is 6.04 Å². The fourth-order valence-electron chi connectivity index (χ4n) is 2.39. The second kappa shape index (κ2) is 4.91. The van der Waals surface area contributed by atoms with Gasteiger partial charge < -0.3 is 0 Å². The molecule has 1 atom stereocenters. The first-order valence-electron chi connectivity index (χ1n) is 6.13. The number of aromatic amines is 1. The summed E-state index contributed by atoms with van der Waals surface area (Å²) in [5, 5.41) is 1.55. The number of benzene rings is 2. The van der Waals surface area contributed by atoms with E-state index in [1.165, 1.54) is 5.56 Å². The quantitative estimate of drug-likeness (QED) is 0.525. The van der Waals surface area contributed by atoms with Gasteiger partial charge in [-0.2, -0.15) is 0 Å². The van der Waals surface area contributed by atoms with Crippen molar-refractivity contribution in [3.05, 3.63) is 59.1 Å². The number of imidazole rings is 1. The van der Waals surface area contributed by atoms with E-state index < -0.39 is 0 Å². The number of hydrogen-bond acceptors (Lipinski definition) is 1. The molecule has 1 N–H and O–H groups in total. The molecule has 0 bridgehead atoms. The highest BCUT2D eigenvalue weighted by molar-refractivity contribution is 7.80. The molecule has 0 amide bonds. The van der Waals surface area contributed by atoms with E-state index in [-0.39, 0.29) is 6.04 Å². The van der Waals surface area contributed by atoms with Crippen molar-refractivity contribution in [1.82, 2.24) is 4.98 Å². The van der Waals surface area contributed by atoms with Crippen molar-refractivity contribution in [2.24, 2.45) is 0 Å². The third-order valence-corrected chi connectivity index (χ3v) is 3.92. The van der Waals surface area contributed by atoms with Crippen LogP contribution in [0, 0.1) is 0 Å². The zero-order chi connectivity index (χ0) is 13.4. The van der Waals surface area contributed by atoms with Crippen LogP contribution in [-0.2, 0) is 0 Å². The maximum absolute atomic E-state index is 6.02. The van der Waals surface area contributed by atoms with Crippen molar-refractivity contribution in [3.63, 3.8) is 0 Å². The Labute approximate surface area is 122 Å². The Kier molecular flexibility index (Phi) is 3.25. The molecule has 0 saturated heterocycles. The summed E-state index contributed by atoms with van der Waals surface area (Å²) in [7, 11) is 0. The van der Waals surface area contributed by atoms with Crippen molar-refractivity contribution >= 4 is 35.3 Å². The number of halogens is 1. The van der Waals surface area contributed by atoms with Crippen LogP contribution in [0.25, 0.3) is 11.0 Å². The molecule has 0 aliphatic heterocycles. The van der Waals surface area contributed by atoms with E-state index in [4.69, 9.17) is 11.6 Å². The summed E-state index contributed by atoms with van der Waals surface area (Å²) in [5.74, 6) is 0. The van der Waals surface area contributed by atoms with Crippen molar-refractivity contribution in [1.29, 1.82) is 0 Å². The van der Waals surface area contributed by atoms with Crippen molar-refractivity contribution < 1.29 is 4.57 Å². The van der Waals surface area contributed by atoms with E-state index in [1.807, 2.05) is 24.3 Å². The molecular weight excluding hydrogens is 276 g/mol. The number of nitrogens with one attached hydrogen (secondary N) is 1. The van der Waals surface area contributed by atoms with Crippen LogP contribution in [0.2, 0.25) is 5.02 Å². The number of hydrogen-bond donors (Lipinski definition) is 2. The minimum atomic E-state index is 0.212. The van der Waals surface area contributed by atoms with Crippen LogP contribution >= 0.6 is 24.2 Å². The summed E-state index contributed by atoms with van der Waals surface area (Å²) in [6, 6.07) is 16.4. The van der Waals surface area contributed by atoms with E-state index >= 15 is 0 Å². The Morgan fingerprint density at radius 2 is 1.89 bits per heavy atom. The van der Waals surface area contributed by atoms with Gasteiger partial charge >= 0.3 is 5.16 Å². The molecule has 2 aromatic carbocycles. The number of nitrogens with zero attached hydrogens (tertiary/aromatic N) is 1. The Bertz CT molecular complexity index is 722. The van der Waals surface area contributed by atoms with Gasteiger partial charge in [0.15, 0.2) is 11.0 Å². The van der Waals surface area contributed by atoms with Crippen LogP contribution < -0.4 is 4.57 Å². The van der Waals surface area contributed by atoms with Crippen LogP contribution in [0.15, 0.2) is 53.7 Å². The average molecular weight is 290 g/mol. The lowest BCUT2D eigenvalue weighted by atomic mass is 10.1. The Hall–Kier alpha value is -1.45. The number of rotatable bonds is 2. The van der Waals surface area contributed by atoms with Gasteiger partial charge in [-0.3, -0.25) is 0 Å². The van der Waals surface area contributed by atoms with Crippen molar-refractivity contribution in [3.8, 4) is 0 Å². The number of thiol groups is 1. The van der Waals surface area contributed by atoms with Crippen molar-refractivity contribution in [2.75, 3.05) is 0 Å². The summed E-state index contributed by atoms with van der Waals surface area (Å²) in [4.78, 5) is 3.26. The summed E-state index contributed by atoms with van der Waals surface area (Å²) in [5.41, 5.74) is 3.35. The predicted octanol–water partition coefficient (Wildman–Crippen LogP) is 4.01. The molecule has 1 unspecified atom stereocenters. The lowest BCUT2D eigenvalue weighted by Crippen LogP contribution is -2.39. The monoisotopic (exact) mass is 289 g/mol. The first-order chi connectivity index (χ1) is 9.16. The number of aromatic nitrogens is 2. The second-order valence-electron chi connectivity index (χ2n) is 4.57. The van der Waals surface area contributed by atoms with E-state index in [1.54, 1.807) is 0 Å². The largest absolute Gasteiger partial charge is 0.314 e. The average Bonchev–Trinajstić information content (AvgIpc) is 2.74. The highest BCUT2D eigenvalue weighted by Gasteiger charge is 2.22. The molecule has 0 saturated carbocycles. The van der Waals surface area contributed by atoms with E-state index in [9.17, 15) is 0 Å².